The summed E-state index contributed by atoms with van der Waals surface area (Å²) in [6.45, 7) is -0.526. The molecule has 2 fully saturated rings. The molecular formula is C23H27F2N3O5S. The molecule has 1 aromatic heterocycles. The third-order valence-electron chi connectivity index (χ3n) is 6.41. The summed E-state index contributed by atoms with van der Waals surface area (Å²) in [5, 5.41) is 20.9. The normalized spacial score (nSPS) is 24.5. The van der Waals surface area contributed by atoms with Crippen LogP contribution in [-0.4, -0.2) is 58.7 Å². The number of rotatable bonds is 9. The molecule has 0 aliphatic heterocycles. The number of nitrogens with zero attached hydrogens (tertiary/aromatic N) is 2. The molecule has 1 amide bonds. The summed E-state index contributed by atoms with van der Waals surface area (Å²) >= 11 is 0. The zero-order valence-electron chi connectivity index (χ0n) is 18.3. The highest BCUT2D eigenvalue weighted by Gasteiger charge is 2.38. The first-order valence-corrected chi connectivity index (χ1v) is 12.8. The highest BCUT2D eigenvalue weighted by atomic mass is 32.2. The van der Waals surface area contributed by atoms with Gasteiger partial charge in [-0.3, -0.25) is 9.78 Å². The maximum atomic E-state index is 13.8. The Morgan fingerprint density at radius 1 is 1.09 bits per heavy atom. The topological polar surface area (TPSA) is 129 Å². The van der Waals surface area contributed by atoms with Gasteiger partial charge in [0.25, 0.3) is 0 Å². The van der Waals surface area contributed by atoms with Gasteiger partial charge in [0.1, 0.15) is 18.4 Å². The average Bonchev–Trinajstić information content (AvgIpc) is 3.64. The number of anilines is 1. The van der Waals surface area contributed by atoms with Crippen molar-refractivity contribution in [3.8, 4) is 0 Å². The second-order valence-electron chi connectivity index (χ2n) is 8.99. The number of aliphatic hydroxyl groups excluding tert-OH is 2. The second-order valence-corrected chi connectivity index (χ2v) is 11.2. The lowest BCUT2D eigenvalue weighted by Gasteiger charge is -2.21. The molecule has 0 radical (unpaired) electrons. The predicted octanol–water partition coefficient (Wildman–Crippen LogP) is 2.64. The number of hydrogen-bond donors (Lipinski definition) is 3. The molecule has 1 unspecified atom stereocenters. The van der Waals surface area contributed by atoms with Gasteiger partial charge in [-0.1, -0.05) is 12.1 Å². The maximum Gasteiger partial charge on any atom is 0.233 e. The van der Waals surface area contributed by atoms with E-state index in [0.29, 0.717) is 18.4 Å². The van der Waals surface area contributed by atoms with Gasteiger partial charge in [-0.2, -0.15) is 0 Å². The number of hydrogen-bond acceptors (Lipinski definition) is 7. The number of sulfone groups is 1. The standard InChI is InChI=1S/C23H27F2N3O5S/c24-18-8-13(9-19(18)25)7-17(14-1-3-15(4-2-14)34(32,33)16-5-6-16)23(31)28-22-11-26-20(10-27-22)21(30)12-29/h1-4,10-11,13,16-19,21,29-30H,5-9,12H2,(H,27,28,31)/t13-,17-,18+,19-,21?/m1/s1. The Bertz CT molecular complexity index is 1100. The number of nitrogens with one attached hydrogen (secondary N) is 1. The number of benzene rings is 1. The van der Waals surface area contributed by atoms with Crippen molar-refractivity contribution in [1.29, 1.82) is 0 Å². The van der Waals surface area contributed by atoms with E-state index in [0.717, 1.165) is 0 Å². The first-order valence-electron chi connectivity index (χ1n) is 11.2. The molecule has 34 heavy (non-hydrogen) atoms. The number of aliphatic hydroxyl groups is 2. The summed E-state index contributed by atoms with van der Waals surface area (Å²) in [7, 11) is -3.38. The largest absolute Gasteiger partial charge is 0.393 e. The molecule has 2 aliphatic rings. The second kappa shape index (κ2) is 10.0. The van der Waals surface area contributed by atoms with Gasteiger partial charge in [-0.15, -0.1) is 0 Å². The Kier molecular flexibility index (Phi) is 7.25. The Morgan fingerprint density at radius 2 is 1.74 bits per heavy atom. The van der Waals surface area contributed by atoms with Crippen molar-refractivity contribution in [2.45, 2.75) is 66.6 Å². The number of amides is 1. The summed E-state index contributed by atoms with van der Waals surface area (Å²) in [4.78, 5) is 21.3. The lowest BCUT2D eigenvalue weighted by molar-refractivity contribution is -0.118. The Hall–Kier alpha value is -2.50. The van der Waals surface area contributed by atoms with Gasteiger partial charge in [0.05, 0.1) is 40.8 Å². The van der Waals surface area contributed by atoms with Crippen LogP contribution in [0, 0.1) is 5.92 Å². The van der Waals surface area contributed by atoms with E-state index in [-0.39, 0.29) is 46.8 Å². The van der Waals surface area contributed by atoms with E-state index in [1.165, 1.54) is 24.5 Å². The number of carbonyl (C=O) groups is 1. The summed E-state index contributed by atoms with van der Waals surface area (Å²) in [6, 6.07) is 6.08. The fourth-order valence-electron chi connectivity index (χ4n) is 4.29. The highest BCUT2D eigenvalue weighted by Crippen LogP contribution is 2.39. The van der Waals surface area contributed by atoms with E-state index in [1.54, 1.807) is 12.1 Å². The number of halogens is 2. The summed E-state index contributed by atoms with van der Waals surface area (Å²) in [5.41, 5.74) is 0.670. The predicted molar refractivity (Wildman–Crippen MR) is 119 cm³/mol. The van der Waals surface area contributed by atoms with Crippen LogP contribution >= 0.6 is 0 Å². The Labute approximate surface area is 196 Å². The van der Waals surface area contributed by atoms with Crippen LogP contribution in [0.5, 0.6) is 0 Å². The maximum absolute atomic E-state index is 13.8. The SMILES string of the molecule is O=C(Nc1cnc(C(O)CO)cn1)[C@H](C[C@H]1C[C@@H](F)[C@@H](F)C1)c1ccc(S(=O)(=O)C2CC2)cc1. The van der Waals surface area contributed by atoms with Crippen molar-refractivity contribution in [1.82, 2.24) is 9.97 Å². The van der Waals surface area contributed by atoms with Crippen molar-refractivity contribution in [2.75, 3.05) is 11.9 Å². The monoisotopic (exact) mass is 495 g/mol. The number of carbonyl (C=O) groups excluding carboxylic acids is 1. The summed E-state index contributed by atoms with van der Waals surface area (Å²) in [5.74, 6) is -1.50. The molecule has 2 aromatic rings. The van der Waals surface area contributed by atoms with E-state index < -0.39 is 46.7 Å². The minimum absolute atomic E-state index is 0.0205. The van der Waals surface area contributed by atoms with Crippen molar-refractivity contribution >= 4 is 21.6 Å². The molecular weight excluding hydrogens is 468 g/mol. The number of aromatic nitrogens is 2. The van der Waals surface area contributed by atoms with Crippen LogP contribution < -0.4 is 5.32 Å². The van der Waals surface area contributed by atoms with Crippen LogP contribution in [-0.2, 0) is 14.6 Å². The lowest BCUT2D eigenvalue weighted by atomic mass is 9.87. The van der Waals surface area contributed by atoms with Crippen LogP contribution in [0.2, 0.25) is 0 Å². The third-order valence-corrected chi connectivity index (χ3v) is 8.68. The van der Waals surface area contributed by atoms with Gasteiger partial charge in [0, 0.05) is 0 Å². The third kappa shape index (κ3) is 5.42. The molecule has 1 aromatic carbocycles. The summed E-state index contributed by atoms with van der Waals surface area (Å²) < 4.78 is 52.5. The van der Waals surface area contributed by atoms with E-state index in [4.69, 9.17) is 5.11 Å². The first kappa shape index (κ1) is 24.6. The molecule has 0 saturated heterocycles. The van der Waals surface area contributed by atoms with Gasteiger partial charge in [-0.25, -0.2) is 22.2 Å². The molecule has 11 heteroatoms. The lowest BCUT2D eigenvalue weighted by Crippen LogP contribution is -2.24. The van der Waals surface area contributed by atoms with Crippen LogP contribution in [0.4, 0.5) is 14.6 Å². The fourth-order valence-corrected chi connectivity index (χ4v) is 5.95. The zero-order valence-corrected chi connectivity index (χ0v) is 19.2. The molecule has 8 nitrogen and oxygen atoms in total. The van der Waals surface area contributed by atoms with Crippen molar-refractivity contribution in [2.24, 2.45) is 5.92 Å². The average molecular weight is 496 g/mol. The Morgan fingerprint density at radius 3 is 2.26 bits per heavy atom. The van der Waals surface area contributed by atoms with Crippen LogP contribution in [0.1, 0.15) is 55.4 Å². The zero-order chi connectivity index (χ0) is 24.5. The van der Waals surface area contributed by atoms with Crippen molar-refractivity contribution in [3.63, 3.8) is 0 Å². The number of alkyl halides is 2. The molecule has 4 rings (SSSR count). The minimum atomic E-state index is -3.38. The molecule has 5 atom stereocenters. The van der Waals surface area contributed by atoms with E-state index in [9.17, 15) is 27.1 Å². The van der Waals surface area contributed by atoms with Gasteiger partial charge in [-0.05, 0) is 55.7 Å². The van der Waals surface area contributed by atoms with Gasteiger partial charge in [0.15, 0.2) is 15.7 Å². The van der Waals surface area contributed by atoms with E-state index >= 15 is 0 Å². The molecule has 0 bridgehead atoms. The van der Waals surface area contributed by atoms with Crippen molar-refractivity contribution in [3.05, 3.63) is 47.9 Å². The quantitative estimate of drug-likeness (QED) is 0.488. The van der Waals surface area contributed by atoms with E-state index in [1.807, 2.05) is 0 Å². The molecule has 184 valence electrons. The molecule has 2 saturated carbocycles. The smallest absolute Gasteiger partial charge is 0.233 e. The van der Waals surface area contributed by atoms with Crippen LogP contribution in [0.3, 0.4) is 0 Å². The molecule has 0 spiro atoms. The molecule has 2 aliphatic carbocycles. The minimum Gasteiger partial charge on any atom is -0.393 e. The van der Waals surface area contributed by atoms with Gasteiger partial charge >= 0.3 is 0 Å². The van der Waals surface area contributed by atoms with E-state index in [2.05, 4.69) is 15.3 Å². The summed E-state index contributed by atoms with van der Waals surface area (Å²) in [6.07, 6.45) is -0.343. The van der Waals surface area contributed by atoms with Gasteiger partial charge < -0.3 is 15.5 Å². The Balaban J connectivity index is 1.54. The molecule has 3 N–H and O–H groups in total. The molecule has 1 heterocycles. The highest BCUT2D eigenvalue weighted by molar-refractivity contribution is 7.92. The first-order chi connectivity index (χ1) is 16.2. The fraction of sp³-hybridized carbons (Fsp3) is 0.522. The van der Waals surface area contributed by atoms with Crippen LogP contribution in [0.15, 0.2) is 41.6 Å². The van der Waals surface area contributed by atoms with Crippen LogP contribution in [0.25, 0.3) is 0 Å². The van der Waals surface area contributed by atoms with Crippen molar-refractivity contribution < 1.29 is 32.2 Å². The van der Waals surface area contributed by atoms with Gasteiger partial charge in [0.2, 0.25) is 5.91 Å².